The second-order valence-electron chi connectivity index (χ2n) is 3.90. The van der Waals surface area contributed by atoms with Gasteiger partial charge in [-0.1, -0.05) is 6.92 Å². The molecule has 3 nitrogen and oxygen atoms in total. The van der Waals surface area contributed by atoms with E-state index < -0.39 is 0 Å². The highest BCUT2D eigenvalue weighted by molar-refractivity contribution is 5.81. The molecule has 0 saturated carbocycles. The van der Waals surface area contributed by atoms with Gasteiger partial charge in [-0.2, -0.15) is 0 Å². The maximum absolute atomic E-state index is 11.7. The van der Waals surface area contributed by atoms with Gasteiger partial charge in [0.2, 0.25) is 0 Å². The molecule has 1 fully saturated rings. The maximum atomic E-state index is 11.7. The molecule has 0 aliphatic carbocycles. The Hall–Kier alpha value is -0.410. The molecule has 0 bridgehead atoms. The molecule has 1 unspecified atom stereocenters. The van der Waals surface area contributed by atoms with Gasteiger partial charge in [0.1, 0.15) is 5.78 Å². The zero-order valence-corrected chi connectivity index (χ0v) is 8.29. The van der Waals surface area contributed by atoms with Crippen molar-refractivity contribution in [3.8, 4) is 0 Å². The normalized spacial score (nSPS) is 21.4. The monoisotopic (exact) mass is 185 g/mol. The number of nitrogens with two attached hydrogens (primary N) is 1. The average molecular weight is 185 g/mol. The SMILES string of the molecule is CC(CN)CC(=O)C1CCOCC1. The number of ketones is 1. The lowest BCUT2D eigenvalue weighted by Gasteiger charge is -2.21. The van der Waals surface area contributed by atoms with Crippen molar-refractivity contribution in [3.05, 3.63) is 0 Å². The van der Waals surface area contributed by atoms with E-state index in [-0.39, 0.29) is 5.92 Å². The molecule has 0 aromatic heterocycles. The highest BCUT2D eigenvalue weighted by atomic mass is 16.5. The second kappa shape index (κ2) is 5.35. The van der Waals surface area contributed by atoms with Crippen molar-refractivity contribution in [3.63, 3.8) is 0 Å². The zero-order chi connectivity index (χ0) is 9.68. The van der Waals surface area contributed by atoms with Crippen LogP contribution >= 0.6 is 0 Å². The van der Waals surface area contributed by atoms with Crippen molar-refractivity contribution < 1.29 is 9.53 Å². The van der Waals surface area contributed by atoms with Crippen LogP contribution in [-0.2, 0) is 9.53 Å². The minimum atomic E-state index is 0.239. The molecule has 1 heterocycles. The summed E-state index contributed by atoms with van der Waals surface area (Å²) in [7, 11) is 0. The molecular weight excluding hydrogens is 166 g/mol. The van der Waals surface area contributed by atoms with Gasteiger partial charge < -0.3 is 10.5 Å². The third-order valence-electron chi connectivity index (χ3n) is 2.63. The molecule has 0 aromatic carbocycles. The van der Waals surface area contributed by atoms with E-state index in [2.05, 4.69) is 0 Å². The molecule has 0 radical (unpaired) electrons. The first-order chi connectivity index (χ1) is 6.24. The van der Waals surface area contributed by atoms with Gasteiger partial charge >= 0.3 is 0 Å². The molecule has 1 aliphatic heterocycles. The topological polar surface area (TPSA) is 52.3 Å². The fourth-order valence-corrected chi connectivity index (χ4v) is 1.61. The van der Waals surface area contributed by atoms with Crippen LogP contribution in [-0.4, -0.2) is 25.5 Å². The summed E-state index contributed by atoms with van der Waals surface area (Å²) in [4.78, 5) is 11.7. The predicted octanol–water partition coefficient (Wildman–Crippen LogP) is 0.967. The average Bonchev–Trinajstić information content (AvgIpc) is 2.19. The summed E-state index contributed by atoms with van der Waals surface area (Å²) in [5, 5.41) is 0. The Labute approximate surface area is 79.6 Å². The molecular formula is C10H19NO2. The van der Waals surface area contributed by atoms with E-state index in [9.17, 15) is 4.79 Å². The summed E-state index contributed by atoms with van der Waals surface area (Å²) >= 11 is 0. The van der Waals surface area contributed by atoms with Gasteiger partial charge in [0.15, 0.2) is 0 Å². The Balaban J connectivity index is 2.29. The number of carbonyl (C=O) groups is 1. The minimum absolute atomic E-state index is 0.239. The van der Waals surface area contributed by atoms with Gasteiger partial charge in [-0.25, -0.2) is 0 Å². The van der Waals surface area contributed by atoms with Crippen LogP contribution < -0.4 is 5.73 Å². The van der Waals surface area contributed by atoms with Crippen LogP contribution in [0.3, 0.4) is 0 Å². The van der Waals surface area contributed by atoms with E-state index in [0.717, 1.165) is 26.1 Å². The van der Waals surface area contributed by atoms with Crippen LogP contribution in [0, 0.1) is 11.8 Å². The Morgan fingerprint density at radius 3 is 2.69 bits per heavy atom. The summed E-state index contributed by atoms with van der Waals surface area (Å²) in [5.41, 5.74) is 5.47. The smallest absolute Gasteiger partial charge is 0.136 e. The largest absolute Gasteiger partial charge is 0.381 e. The van der Waals surface area contributed by atoms with E-state index in [1.807, 2.05) is 6.92 Å². The molecule has 1 aliphatic rings. The third kappa shape index (κ3) is 3.44. The molecule has 3 heteroatoms. The summed E-state index contributed by atoms with van der Waals surface area (Å²) in [6.45, 7) is 4.12. The van der Waals surface area contributed by atoms with Crippen LogP contribution in [0.25, 0.3) is 0 Å². The van der Waals surface area contributed by atoms with E-state index in [0.29, 0.717) is 24.7 Å². The maximum Gasteiger partial charge on any atom is 0.136 e. The number of Topliss-reactive ketones (excluding diaryl/α,β-unsaturated/α-hetero) is 1. The van der Waals surface area contributed by atoms with Gasteiger partial charge in [-0.3, -0.25) is 4.79 Å². The van der Waals surface area contributed by atoms with Gasteiger partial charge in [0, 0.05) is 25.6 Å². The number of ether oxygens (including phenoxy) is 1. The van der Waals surface area contributed by atoms with Crippen LogP contribution in [0.1, 0.15) is 26.2 Å². The first-order valence-corrected chi connectivity index (χ1v) is 5.04. The number of hydrogen-bond donors (Lipinski definition) is 1. The quantitative estimate of drug-likeness (QED) is 0.710. The lowest BCUT2D eigenvalue weighted by atomic mass is 9.90. The van der Waals surface area contributed by atoms with Crippen LogP contribution in [0.4, 0.5) is 0 Å². The Morgan fingerprint density at radius 1 is 1.54 bits per heavy atom. The first-order valence-electron chi connectivity index (χ1n) is 5.04. The van der Waals surface area contributed by atoms with E-state index in [1.54, 1.807) is 0 Å². The third-order valence-corrected chi connectivity index (χ3v) is 2.63. The highest BCUT2D eigenvalue weighted by Gasteiger charge is 2.22. The molecule has 1 saturated heterocycles. The lowest BCUT2D eigenvalue weighted by molar-refractivity contribution is -0.126. The van der Waals surface area contributed by atoms with Gasteiger partial charge in [0.25, 0.3) is 0 Å². The standard InChI is InChI=1S/C10H19NO2/c1-8(7-11)6-10(12)9-2-4-13-5-3-9/h8-9H,2-7,11H2,1H3. The summed E-state index contributed by atoms with van der Waals surface area (Å²) in [6.07, 6.45) is 2.44. The van der Waals surface area contributed by atoms with Crippen molar-refractivity contribution in [2.75, 3.05) is 19.8 Å². The van der Waals surface area contributed by atoms with Crippen molar-refractivity contribution in [2.45, 2.75) is 26.2 Å². The fraction of sp³-hybridized carbons (Fsp3) is 0.900. The van der Waals surface area contributed by atoms with E-state index in [4.69, 9.17) is 10.5 Å². The predicted molar refractivity (Wildman–Crippen MR) is 51.4 cm³/mol. The highest BCUT2D eigenvalue weighted by Crippen LogP contribution is 2.18. The Bertz CT molecular complexity index is 164. The molecule has 76 valence electrons. The summed E-state index contributed by atoms with van der Waals surface area (Å²) in [6, 6.07) is 0. The van der Waals surface area contributed by atoms with Crippen molar-refractivity contribution >= 4 is 5.78 Å². The molecule has 1 atom stereocenters. The molecule has 13 heavy (non-hydrogen) atoms. The number of hydrogen-bond acceptors (Lipinski definition) is 3. The summed E-state index contributed by atoms with van der Waals surface area (Å²) in [5.74, 6) is 0.944. The van der Waals surface area contributed by atoms with Crippen molar-refractivity contribution in [2.24, 2.45) is 17.6 Å². The van der Waals surface area contributed by atoms with E-state index >= 15 is 0 Å². The Kier molecular flexibility index (Phi) is 4.39. The number of carbonyl (C=O) groups excluding carboxylic acids is 1. The Morgan fingerprint density at radius 2 is 2.15 bits per heavy atom. The van der Waals surface area contributed by atoms with Gasteiger partial charge in [-0.15, -0.1) is 0 Å². The van der Waals surface area contributed by atoms with Crippen LogP contribution in [0.15, 0.2) is 0 Å². The molecule has 0 aromatic rings. The van der Waals surface area contributed by atoms with Gasteiger partial charge in [-0.05, 0) is 25.3 Å². The number of rotatable bonds is 4. The van der Waals surface area contributed by atoms with Gasteiger partial charge in [0.05, 0.1) is 0 Å². The minimum Gasteiger partial charge on any atom is -0.381 e. The van der Waals surface area contributed by atoms with Crippen LogP contribution in [0.5, 0.6) is 0 Å². The van der Waals surface area contributed by atoms with Crippen LogP contribution in [0.2, 0.25) is 0 Å². The molecule has 2 N–H and O–H groups in total. The van der Waals surface area contributed by atoms with E-state index in [1.165, 1.54) is 0 Å². The second-order valence-corrected chi connectivity index (χ2v) is 3.90. The summed E-state index contributed by atoms with van der Waals surface area (Å²) < 4.78 is 5.20. The lowest BCUT2D eigenvalue weighted by Crippen LogP contribution is -2.26. The fourth-order valence-electron chi connectivity index (χ4n) is 1.61. The van der Waals surface area contributed by atoms with Crippen molar-refractivity contribution in [1.29, 1.82) is 0 Å². The molecule has 0 spiro atoms. The zero-order valence-electron chi connectivity index (χ0n) is 8.29. The molecule has 1 rings (SSSR count). The van der Waals surface area contributed by atoms with Crippen molar-refractivity contribution in [1.82, 2.24) is 0 Å². The first kappa shape index (κ1) is 10.7. The molecule has 0 amide bonds.